The second-order valence-electron chi connectivity index (χ2n) is 2.85. The van der Waals surface area contributed by atoms with Crippen LogP contribution in [0.15, 0.2) is 12.4 Å². The molecule has 1 fully saturated rings. The Morgan fingerprint density at radius 2 is 2.08 bits per heavy atom. The lowest BCUT2D eigenvalue weighted by Gasteiger charge is -2.21. The van der Waals surface area contributed by atoms with Crippen LogP contribution in [0, 0.1) is 0 Å². The van der Waals surface area contributed by atoms with Gasteiger partial charge in [0.2, 0.25) is 0 Å². The van der Waals surface area contributed by atoms with Crippen LogP contribution < -0.4 is 5.32 Å². The molecule has 0 radical (unpaired) electrons. The summed E-state index contributed by atoms with van der Waals surface area (Å²) in [6.45, 7) is 2.15. The summed E-state index contributed by atoms with van der Waals surface area (Å²) in [6.07, 6.45) is 5.89. The summed E-state index contributed by atoms with van der Waals surface area (Å²) < 4.78 is 0. The molecule has 0 spiro atoms. The number of aromatic nitrogens is 3. The molecule has 5 heteroatoms. The maximum atomic E-state index is 4.11. The molecule has 12 heavy (non-hydrogen) atoms. The van der Waals surface area contributed by atoms with Crippen molar-refractivity contribution < 1.29 is 0 Å². The van der Waals surface area contributed by atoms with Gasteiger partial charge in [-0.15, -0.1) is 12.4 Å². The first-order valence-electron chi connectivity index (χ1n) is 4.03. The average molecular weight is 189 g/mol. The van der Waals surface area contributed by atoms with Crippen molar-refractivity contribution in [3.63, 3.8) is 0 Å². The summed E-state index contributed by atoms with van der Waals surface area (Å²) in [5.41, 5.74) is 0. The molecule has 68 valence electrons. The molecule has 1 aliphatic heterocycles. The van der Waals surface area contributed by atoms with Crippen molar-refractivity contribution in [2.75, 3.05) is 13.1 Å². The molecule has 0 bridgehead atoms. The van der Waals surface area contributed by atoms with Crippen molar-refractivity contribution in [1.29, 1.82) is 0 Å². The van der Waals surface area contributed by atoms with E-state index < -0.39 is 0 Å². The van der Waals surface area contributed by atoms with Gasteiger partial charge in [-0.3, -0.25) is 0 Å². The molecule has 0 amide bonds. The van der Waals surface area contributed by atoms with E-state index in [9.17, 15) is 0 Å². The first kappa shape index (κ1) is 9.48. The van der Waals surface area contributed by atoms with Crippen LogP contribution in [-0.4, -0.2) is 28.1 Å². The maximum absolute atomic E-state index is 4.11. The van der Waals surface area contributed by atoms with Crippen molar-refractivity contribution in [3.05, 3.63) is 12.4 Å². The number of piperidine rings is 1. The monoisotopic (exact) mass is 188 g/mol. The fraction of sp³-hybridized carbons (Fsp3) is 0.714. The van der Waals surface area contributed by atoms with Gasteiger partial charge >= 0.3 is 0 Å². The number of nitrogens with zero attached hydrogens (tertiary/aromatic N) is 3. The van der Waals surface area contributed by atoms with E-state index in [0.717, 1.165) is 13.1 Å². The minimum Gasteiger partial charge on any atom is -0.315 e. The fourth-order valence-electron chi connectivity index (χ4n) is 1.45. The molecule has 2 heterocycles. The van der Waals surface area contributed by atoms with Crippen molar-refractivity contribution in [2.24, 2.45) is 0 Å². The van der Waals surface area contributed by atoms with Gasteiger partial charge in [0.15, 0.2) is 0 Å². The Bertz CT molecular complexity index is 205. The molecule has 1 unspecified atom stereocenters. The van der Waals surface area contributed by atoms with Crippen molar-refractivity contribution >= 4 is 12.4 Å². The molecular formula is C7H13ClN4. The third-order valence-electron chi connectivity index (χ3n) is 2.03. The first-order valence-corrected chi connectivity index (χ1v) is 4.03. The second-order valence-corrected chi connectivity index (χ2v) is 2.85. The Kier molecular flexibility index (Phi) is 3.49. The standard InChI is InChI=1S/C7H12N4.ClH/c1-2-7(6-8-3-1)11-9-4-5-10-11;/h4-5,7-8H,1-3,6H2;1H. The lowest BCUT2D eigenvalue weighted by Crippen LogP contribution is -2.32. The minimum absolute atomic E-state index is 0. The van der Waals surface area contributed by atoms with Gasteiger partial charge in [0, 0.05) is 6.54 Å². The van der Waals surface area contributed by atoms with E-state index in [1.807, 2.05) is 0 Å². The topological polar surface area (TPSA) is 42.7 Å². The Labute approximate surface area is 77.7 Å². The lowest BCUT2D eigenvalue weighted by atomic mass is 10.1. The van der Waals surface area contributed by atoms with Crippen LogP contribution >= 0.6 is 12.4 Å². The van der Waals surface area contributed by atoms with Crippen molar-refractivity contribution in [2.45, 2.75) is 18.9 Å². The lowest BCUT2D eigenvalue weighted by molar-refractivity contribution is 0.317. The van der Waals surface area contributed by atoms with Gasteiger partial charge in [0.1, 0.15) is 0 Å². The van der Waals surface area contributed by atoms with Gasteiger partial charge in [0.05, 0.1) is 18.4 Å². The molecule has 1 N–H and O–H groups in total. The molecule has 1 saturated heterocycles. The SMILES string of the molecule is Cl.c1cnn(C2CCCNC2)n1. The van der Waals surface area contributed by atoms with E-state index in [2.05, 4.69) is 15.5 Å². The van der Waals surface area contributed by atoms with E-state index >= 15 is 0 Å². The van der Waals surface area contributed by atoms with Gasteiger partial charge in [0.25, 0.3) is 0 Å². The molecule has 1 aliphatic rings. The molecule has 0 aliphatic carbocycles. The number of rotatable bonds is 1. The molecular weight excluding hydrogens is 176 g/mol. The highest BCUT2D eigenvalue weighted by Gasteiger charge is 2.14. The zero-order valence-electron chi connectivity index (χ0n) is 6.81. The van der Waals surface area contributed by atoms with Gasteiger partial charge < -0.3 is 5.32 Å². The molecule has 0 aromatic carbocycles. The Morgan fingerprint density at radius 1 is 1.33 bits per heavy atom. The average Bonchev–Trinajstić information content (AvgIpc) is 2.58. The van der Waals surface area contributed by atoms with Gasteiger partial charge in [-0.2, -0.15) is 15.0 Å². The van der Waals surface area contributed by atoms with E-state index in [1.54, 1.807) is 17.2 Å². The Morgan fingerprint density at radius 3 is 2.67 bits per heavy atom. The van der Waals surface area contributed by atoms with Crippen LogP contribution in [0.1, 0.15) is 18.9 Å². The van der Waals surface area contributed by atoms with E-state index in [0.29, 0.717) is 6.04 Å². The molecule has 1 aromatic rings. The van der Waals surface area contributed by atoms with E-state index in [1.165, 1.54) is 12.8 Å². The summed E-state index contributed by atoms with van der Waals surface area (Å²) in [7, 11) is 0. The zero-order valence-corrected chi connectivity index (χ0v) is 7.63. The van der Waals surface area contributed by atoms with Crippen molar-refractivity contribution in [1.82, 2.24) is 20.3 Å². The molecule has 2 rings (SSSR count). The first-order chi connectivity index (χ1) is 5.47. The summed E-state index contributed by atoms with van der Waals surface area (Å²) in [6, 6.07) is 0.471. The summed E-state index contributed by atoms with van der Waals surface area (Å²) in [4.78, 5) is 1.80. The predicted molar refractivity (Wildman–Crippen MR) is 48.4 cm³/mol. The normalized spacial score (nSPS) is 23.2. The Balaban J connectivity index is 0.000000720. The Hall–Kier alpha value is -0.610. The summed E-state index contributed by atoms with van der Waals surface area (Å²) >= 11 is 0. The van der Waals surface area contributed by atoms with E-state index in [-0.39, 0.29) is 12.4 Å². The number of nitrogens with one attached hydrogen (secondary N) is 1. The maximum Gasteiger partial charge on any atom is 0.0840 e. The van der Waals surface area contributed by atoms with Gasteiger partial charge in [-0.25, -0.2) is 0 Å². The number of halogens is 1. The van der Waals surface area contributed by atoms with Crippen LogP contribution in [0.25, 0.3) is 0 Å². The third-order valence-corrected chi connectivity index (χ3v) is 2.03. The highest BCUT2D eigenvalue weighted by Crippen LogP contribution is 2.12. The number of hydrogen-bond donors (Lipinski definition) is 1. The van der Waals surface area contributed by atoms with Crippen LogP contribution in [0.3, 0.4) is 0 Å². The number of hydrogen-bond acceptors (Lipinski definition) is 3. The van der Waals surface area contributed by atoms with Crippen LogP contribution in [-0.2, 0) is 0 Å². The quantitative estimate of drug-likeness (QED) is 0.703. The summed E-state index contributed by atoms with van der Waals surface area (Å²) in [5.74, 6) is 0. The van der Waals surface area contributed by atoms with Crippen molar-refractivity contribution in [3.8, 4) is 0 Å². The molecule has 4 nitrogen and oxygen atoms in total. The highest BCUT2D eigenvalue weighted by atomic mass is 35.5. The summed E-state index contributed by atoms with van der Waals surface area (Å²) in [5, 5.41) is 11.5. The fourth-order valence-corrected chi connectivity index (χ4v) is 1.45. The van der Waals surface area contributed by atoms with Gasteiger partial charge in [-0.1, -0.05) is 0 Å². The molecule has 1 aromatic heterocycles. The zero-order chi connectivity index (χ0) is 7.52. The second kappa shape index (κ2) is 4.42. The van der Waals surface area contributed by atoms with Gasteiger partial charge in [-0.05, 0) is 19.4 Å². The third kappa shape index (κ3) is 1.95. The van der Waals surface area contributed by atoms with E-state index in [4.69, 9.17) is 0 Å². The van der Waals surface area contributed by atoms with Crippen LogP contribution in [0.2, 0.25) is 0 Å². The highest BCUT2D eigenvalue weighted by molar-refractivity contribution is 5.85. The predicted octanol–water partition coefficient (Wildman–Crippen LogP) is 0.624. The smallest absolute Gasteiger partial charge is 0.0840 e. The van der Waals surface area contributed by atoms with Crippen LogP contribution in [0.5, 0.6) is 0 Å². The molecule has 0 saturated carbocycles. The van der Waals surface area contributed by atoms with Crippen LogP contribution in [0.4, 0.5) is 0 Å². The largest absolute Gasteiger partial charge is 0.315 e. The minimum atomic E-state index is 0. The molecule has 1 atom stereocenters.